The van der Waals surface area contributed by atoms with Crippen LogP contribution in [0.3, 0.4) is 0 Å². The Labute approximate surface area is 119 Å². The molecule has 21 heavy (non-hydrogen) atoms. The van der Waals surface area contributed by atoms with E-state index in [1.165, 1.54) is 6.07 Å². The van der Waals surface area contributed by atoms with Crippen LogP contribution in [0, 0.1) is 10.1 Å². The number of likely N-dealkylation sites (tertiary alicyclic amines) is 1. The van der Waals surface area contributed by atoms with Crippen LogP contribution >= 0.6 is 0 Å². The van der Waals surface area contributed by atoms with Crippen LogP contribution in [0.1, 0.15) is 0 Å². The first-order valence-corrected chi connectivity index (χ1v) is 7.29. The molecule has 1 aliphatic rings. The van der Waals surface area contributed by atoms with E-state index in [9.17, 15) is 23.3 Å². The van der Waals surface area contributed by atoms with E-state index in [0.29, 0.717) is 0 Å². The van der Waals surface area contributed by atoms with Gasteiger partial charge in [-0.25, -0.2) is 18.4 Å². The number of primary sulfonamides is 1. The minimum atomic E-state index is -4.03. The molecule has 0 aliphatic carbocycles. The number of amides is 1. The average molecular weight is 316 g/mol. The third-order valence-electron chi connectivity index (χ3n) is 3.01. The number of carboxylic acid groups (broad SMARTS) is 1. The fourth-order valence-corrected chi connectivity index (χ4v) is 2.44. The van der Waals surface area contributed by atoms with Gasteiger partial charge in [-0.3, -0.25) is 10.1 Å². The Balaban J connectivity index is 2.21. The molecular weight excluding hydrogens is 304 g/mol. The zero-order valence-electron chi connectivity index (χ0n) is 10.6. The van der Waals surface area contributed by atoms with E-state index in [1.54, 1.807) is 0 Å². The lowest BCUT2D eigenvalue weighted by Crippen LogP contribution is -2.56. The maximum Gasteiger partial charge on any atom is 0.407 e. The van der Waals surface area contributed by atoms with Crippen molar-refractivity contribution >= 4 is 27.5 Å². The third kappa shape index (κ3) is 3.20. The molecule has 1 aliphatic heterocycles. The molecule has 1 heterocycles. The van der Waals surface area contributed by atoms with Gasteiger partial charge >= 0.3 is 6.09 Å². The molecule has 0 saturated carbocycles. The van der Waals surface area contributed by atoms with Crippen LogP contribution in [0.2, 0.25) is 0 Å². The van der Waals surface area contributed by atoms with E-state index in [1.807, 2.05) is 0 Å². The predicted molar refractivity (Wildman–Crippen MR) is 71.5 cm³/mol. The second-order valence-corrected chi connectivity index (χ2v) is 6.07. The van der Waals surface area contributed by atoms with Gasteiger partial charge in [-0.2, -0.15) is 0 Å². The van der Waals surface area contributed by atoms with E-state index in [4.69, 9.17) is 10.2 Å². The van der Waals surface area contributed by atoms with Gasteiger partial charge in [0.25, 0.3) is 5.69 Å². The molecule has 1 aromatic rings. The number of nitrogens with two attached hydrogens (primary N) is 1. The largest absolute Gasteiger partial charge is 0.465 e. The van der Waals surface area contributed by atoms with Crippen molar-refractivity contribution in [1.29, 1.82) is 0 Å². The summed E-state index contributed by atoms with van der Waals surface area (Å²) in [7, 11) is -4.03. The minimum Gasteiger partial charge on any atom is -0.465 e. The van der Waals surface area contributed by atoms with E-state index in [0.717, 1.165) is 17.0 Å². The van der Waals surface area contributed by atoms with Crippen molar-refractivity contribution in [1.82, 2.24) is 4.90 Å². The van der Waals surface area contributed by atoms with Gasteiger partial charge in [0.2, 0.25) is 10.0 Å². The van der Waals surface area contributed by atoms with Gasteiger partial charge in [0.05, 0.1) is 15.9 Å². The van der Waals surface area contributed by atoms with Gasteiger partial charge in [0.15, 0.2) is 0 Å². The predicted octanol–water partition coefficient (Wildman–Crippen LogP) is 0.0163. The standard InChI is InChI=1S/C10H12N4O6S/c11-21(19,20)7-1-2-8(9(3-7)14(17)18)12-6-4-13(5-6)10(15)16/h1-3,6,12H,4-5H2,(H,15,16)(H2,11,19,20). The Bertz CT molecular complexity index is 697. The van der Waals surface area contributed by atoms with Crippen LogP contribution in [-0.2, 0) is 10.0 Å². The SMILES string of the molecule is NS(=O)(=O)c1ccc(NC2CN(C(=O)O)C2)c([N+](=O)[O-])c1. The Hall–Kier alpha value is -2.40. The van der Waals surface area contributed by atoms with Crippen molar-refractivity contribution in [2.24, 2.45) is 5.14 Å². The normalized spacial score (nSPS) is 15.4. The molecule has 1 fully saturated rings. The Morgan fingerprint density at radius 1 is 1.48 bits per heavy atom. The molecular formula is C10H12N4O6S. The van der Waals surface area contributed by atoms with Crippen molar-refractivity contribution in [2.45, 2.75) is 10.9 Å². The highest BCUT2D eigenvalue weighted by molar-refractivity contribution is 7.89. The van der Waals surface area contributed by atoms with Crippen molar-refractivity contribution in [3.8, 4) is 0 Å². The van der Waals surface area contributed by atoms with Crippen LogP contribution in [0.25, 0.3) is 0 Å². The lowest BCUT2D eigenvalue weighted by molar-refractivity contribution is -0.384. The third-order valence-corrected chi connectivity index (χ3v) is 3.92. The molecule has 1 saturated heterocycles. The number of nitrogens with one attached hydrogen (secondary N) is 1. The molecule has 10 nitrogen and oxygen atoms in total. The molecule has 11 heteroatoms. The van der Waals surface area contributed by atoms with Gasteiger partial charge in [0.1, 0.15) is 5.69 Å². The van der Waals surface area contributed by atoms with Gasteiger partial charge in [-0.05, 0) is 12.1 Å². The van der Waals surface area contributed by atoms with Crippen LogP contribution in [-0.4, -0.2) is 48.6 Å². The number of hydrogen-bond donors (Lipinski definition) is 3. The first kappa shape index (κ1) is 15.0. The second-order valence-electron chi connectivity index (χ2n) is 4.51. The summed E-state index contributed by atoms with van der Waals surface area (Å²) in [6, 6.07) is 2.99. The Morgan fingerprint density at radius 2 is 2.10 bits per heavy atom. The molecule has 0 bridgehead atoms. The first-order chi connectivity index (χ1) is 9.68. The van der Waals surface area contributed by atoms with Crippen molar-refractivity contribution in [3.63, 3.8) is 0 Å². The maximum atomic E-state index is 11.2. The van der Waals surface area contributed by atoms with Crippen LogP contribution in [0.4, 0.5) is 16.2 Å². The lowest BCUT2D eigenvalue weighted by Gasteiger charge is -2.37. The van der Waals surface area contributed by atoms with Gasteiger partial charge in [-0.1, -0.05) is 0 Å². The number of nitro groups is 1. The number of nitrogens with zero attached hydrogens (tertiary/aromatic N) is 2. The molecule has 0 atom stereocenters. The molecule has 0 spiro atoms. The fourth-order valence-electron chi connectivity index (χ4n) is 1.91. The lowest BCUT2D eigenvalue weighted by atomic mass is 10.1. The van der Waals surface area contributed by atoms with Crippen molar-refractivity contribution in [2.75, 3.05) is 18.4 Å². The Kier molecular flexibility index (Phi) is 3.70. The van der Waals surface area contributed by atoms with E-state index < -0.39 is 26.7 Å². The number of rotatable bonds is 4. The molecule has 0 radical (unpaired) electrons. The summed E-state index contributed by atoms with van der Waals surface area (Å²) in [5.74, 6) is 0. The van der Waals surface area contributed by atoms with Gasteiger partial charge in [0, 0.05) is 19.2 Å². The summed E-state index contributed by atoms with van der Waals surface area (Å²) in [6.07, 6.45) is -1.06. The summed E-state index contributed by atoms with van der Waals surface area (Å²) in [5.41, 5.74) is -0.322. The zero-order valence-corrected chi connectivity index (χ0v) is 11.4. The number of hydrogen-bond acceptors (Lipinski definition) is 6. The van der Waals surface area contributed by atoms with E-state index in [-0.39, 0.29) is 29.7 Å². The Morgan fingerprint density at radius 3 is 2.57 bits per heavy atom. The average Bonchev–Trinajstić information content (AvgIpc) is 2.31. The van der Waals surface area contributed by atoms with Crippen LogP contribution in [0.5, 0.6) is 0 Å². The highest BCUT2D eigenvalue weighted by Crippen LogP contribution is 2.28. The molecule has 2 rings (SSSR count). The number of nitro benzene ring substituents is 1. The minimum absolute atomic E-state index is 0.113. The smallest absolute Gasteiger partial charge is 0.407 e. The van der Waals surface area contributed by atoms with Gasteiger partial charge in [-0.15, -0.1) is 0 Å². The quantitative estimate of drug-likeness (QED) is 0.522. The number of sulfonamides is 1. The van der Waals surface area contributed by atoms with Crippen molar-refractivity contribution < 1.29 is 23.2 Å². The zero-order chi connectivity index (χ0) is 15.8. The number of benzene rings is 1. The highest BCUT2D eigenvalue weighted by Gasteiger charge is 2.32. The summed E-state index contributed by atoms with van der Waals surface area (Å²) in [5, 5.41) is 27.4. The summed E-state index contributed by atoms with van der Waals surface area (Å²) < 4.78 is 22.4. The fraction of sp³-hybridized carbons (Fsp3) is 0.300. The topological polar surface area (TPSA) is 156 Å². The highest BCUT2D eigenvalue weighted by atomic mass is 32.2. The first-order valence-electron chi connectivity index (χ1n) is 5.74. The maximum absolute atomic E-state index is 11.2. The molecule has 4 N–H and O–H groups in total. The molecule has 1 aromatic carbocycles. The van der Waals surface area contributed by atoms with Gasteiger partial charge < -0.3 is 15.3 Å². The monoisotopic (exact) mass is 316 g/mol. The number of carbonyl (C=O) groups is 1. The second kappa shape index (κ2) is 5.18. The van der Waals surface area contributed by atoms with Crippen LogP contribution in [0.15, 0.2) is 23.1 Å². The summed E-state index contributed by atoms with van der Waals surface area (Å²) in [4.78, 5) is 21.7. The van der Waals surface area contributed by atoms with E-state index in [2.05, 4.69) is 5.32 Å². The van der Waals surface area contributed by atoms with E-state index >= 15 is 0 Å². The molecule has 114 valence electrons. The molecule has 1 amide bonds. The summed E-state index contributed by atoms with van der Waals surface area (Å²) >= 11 is 0. The van der Waals surface area contributed by atoms with Crippen LogP contribution < -0.4 is 10.5 Å². The summed E-state index contributed by atoms with van der Waals surface area (Å²) in [6.45, 7) is 0.396. The molecule has 0 unspecified atom stereocenters. The van der Waals surface area contributed by atoms with Crippen molar-refractivity contribution in [3.05, 3.63) is 28.3 Å². The number of anilines is 1. The molecule has 0 aromatic heterocycles.